The maximum absolute atomic E-state index is 12.5. The van der Waals surface area contributed by atoms with Crippen LogP contribution in [0.4, 0.5) is 5.69 Å². The van der Waals surface area contributed by atoms with Crippen molar-refractivity contribution in [3.63, 3.8) is 0 Å². The van der Waals surface area contributed by atoms with Gasteiger partial charge in [0, 0.05) is 42.8 Å². The first-order chi connectivity index (χ1) is 14.2. The fourth-order valence-electron chi connectivity index (χ4n) is 4.49. The minimum absolute atomic E-state index is 0.144. The van der Waals surface area contributed by atoms with Crippen molar-refractivity contribution in [2.24, 2.45) is 5.92 Å². The minimum atomic E-state index is 0.144. The van der Waals surface area contributed by atoms with Gasteiger partial charge in [0.15, 0.2) is 0 Å². The Morgan fingerprint density at radius 2 is 1.79 bits per heavy atom. The molecular weight excluding hydrogens is 382 g/mol. The summed E-state index contributed by atoms with van der Waals surface area (Å²) in [5.41, 5.74) is 3.98. The lowest BCUT2D eigenvalue weighted by Gasteiger charge is -2.31. The Balaban J connectivity index is 1.15. The van der Waals surface area contributed by atoms with Crippen molar-refractivity contribution < 1.29 is 4.79 Å². The number of fused-ring (bicyclic) bond motifs is 1. The van der Waals surface area contributed by atoms with Gasteiger partial charge in [-0.1, -0.05) is 48.0 Å². The minimum Gasteiger partial charge on any atom is -0.371 e. The van der Waals surface area contributed by atoms with Crippen LogP contribution in [-0.4, -0.2) is 43.5 Å². The van der Waals surface area contributed by atoms with Gasteiger partial charge >= 0.3 is 0 Å². The van der Waals surface area contributed by atoms with Crippen LogP contribution < -0.4 is 10.2 Å². The topological polar surface area (TPSA) is 35.6 Å². The van der Waals surface area contributed by atoms with Crippen LogP contribution in [0, 0.1) is 5.92 Å². The van der Waals surface area contributed by atoms with Crippen molar-refractivity contribution in [2.45, 2.75) is 32.2 Å². The highest BCUT2D eigenvalue weighted by molar-refractivity contribution is 6.31. The van der Waals surface area contributed by atoms with E-state index in [1.165, 1.54) is 16.8 Å². The Bertz CT molecular complexity index is 832. The molecule has 0 aliphatic carbocycles. The van der Waals surface area contributed by atoms with Crippen molar-refractivity contribution in [1.29, 1.82) is 0 Å². The molecule has 2 aliphatic heterocycles. The van der Waals surface area contributed by atoms with Gasteiger partial charge in [0.05, 0.1) is 0 Å². The summed E-state index contributed by atoms with van der Waals surface area (Å²) in [6.07, 6.45) is 3.98. The Hall–Kier alpha value is -2.04. The van der Waals surface area contributed by atoms with Crippen LogP contribution in [-0.2, 0) is 17.8 Å². The Morgan fingerprint density at radius 1 is 1.03 bits per heavy atom. The predicted octanol–water partition coefficient (Wildman–Crippen LogP) is 4.12. The number of benzene rings is 2. The molecule has 4 rings (SSSR count). The van der Waals surface area contributed by atoms with E-state index >= 15 is 0 Å². The summed E-state index contributed by atoms with van der Waals surface area (Å²) < 4.78 is 0. The zero-order chi connectivity index (χ0) is 20.1. The van der Waals surface area contributed by atoms with Crippen molar-refractivity contribution in [1.82, 2.24) is 10.2 Å². The number of anilines is 1. The van der Waals surface area contributed by atoms with Crippen LogP contribution in [0.1, 0.15) is 30.4 Å². The summed E-state index contributed by atoms with van der Waals surface area (Å²) in [6.45, 7) is 5.63. The highest BCUT2D eigenvalue weighted by atomic mass is 35.5. The van der Waals surface area contributed by atoms with E-state index in [4.69, 9.17) is 11.6 Å². The summed E-state index contributed by atoms with van der Waals surface area (Å²) in [5, 5.41) is 4.00. The highest BCUT2D eigenvalue weighted by Gasteiger charge is 2.25. The number of carbonyl (C=O) groups excluding carboxylic acids is 1. The van der Waals surface area contributed by atoms with Crippen LogP contribution in [0.25, 0.3) is 0 Å². The largest absolute Gasteiger partial charge is 0.371 e. The number of likely N-dealkylation sites (tertiary alicyclic amines) is 1. The number of rotatable bonds is 7. The molecule has 0 atom stereocenters. The van der Waals surface area contributed by atoms with Gasteiger partial charge in [0.2, 0.25) is 5.91 Å². The fourth-order valence-corrected chi connectivity index (χ4v) is 4.68. The molecule has 0 spiro atoms. The molecule has 1 fully saturated rings. The molecule has 1 saturated heterocycles. The highest BCUT2D eigenvalue weighted by Crippen LogP contribution is 2.27. The van der Waals surface area contributed by atoms with Crippen LogP contribution in [0.15, 0.2) is 48.5 Å². The Labute approximate surface area is 178 Å². The third-order valence-corrected chi connectivity index (χ3v) is 6.57. The summed E-state index contributed by atoms with van der Waals surface area (Å²) in [7, 11) is 0. The first kappa shape index (κ1) is 20.2. The van der Waals surface area contributed by atoms with Gasteiger partial charge < -0.3 is 10.2 Å². The second-order valence-electron chi connectivity index (χ2n) is 8.15. The number of nitrogens with one attached hydrogen (secondary N) is 1. The lowest BCUT2D eigenvalue weighted by Crippen LogP contribution is -2.40. The van der Waals surface area contributed by atoms with E-state index in [9.17, 15) is 4.79 Å². The van der Waals surface area contributed by atoms with Gasteiger partial charge in [-0.05, 0) is 62.0 Å². The van der Waals surface area contributed by atoms with Gasteiger partial charge in [0.25, 0.3) is 0 Å². The summed E-state index contributed by atoms with van der Waals surface area (Å²) in [5.74, 6) is 0.370. The molecule has 154 valence electrons. The van der Waals surface area contributed by atoms with E-state index < -0.39 is 0 Å². The van der Waals surface area contributed by atoms with E-state index in [1.54, 1.807) is 0 Å². The van der Waals surface area contributed by atoms with Gasteiger partial charge in [0.1, 0.15) is 0 Å². The van der Waals surface area contributed by atoms with Crippen molar-refractivity contribution in [2.75, 3.05) is 37.6 Å². The van der Waals surface area contributed by atoms with E-state index in [-0.39, 0.29) is 11.8 Å². The standard InChI is InChI=1S/C24H30ClN3O/c25-22-8-3-1-7-21(22)18-27-15-10-20(11-16-27)24(29)26-13-5-14-28-17-12-19-6-2-4-9-23(19)28/h1-4,6-9,20H,5,10-18H2,(H,26,29). The third kappa shape index (κ3) is 5.12. The second kappa shape index (κ2) is 9.64. The number of piperidine rings is 1. The number of hydrogen-bond donors (Lipinski definition) is 1. The molecule has 0 unspecified atom stereocenters. The number of para-hydroxylation sites is 1. The first-order valence-electron chi connectivity index (χ1n) is 10.8. The number of hydrogen-bond acceptors (Lipinski definition) is 3. The Kier molecular flexibility index (Phi) is 6.73. The van der Waals surface area contributed by atoms with E-state index in [1.807, 2.05) is 18.2 Å². The average molecular weight is 412 g/mol. The second-order valence-corrected chi connectivity index (χ2v) is 8.56. The molecule has 2 aromatic rings. The normalized spacial score (nSPS) is 17.3. The molecular formula is C24H30ClN3O. The average Bonchev–Trinajstić information content (AvgIpc) is 3.16. The molecule has 0 saturated carbocycles. The van der Waals surface area contributed by atoms with E-state index in [2.05, 4.69) is 45.4 Å². The van der Waals surface area contributed by atoms with E-state index in [0.717, 1.165) is 70.0 Å². The Morgan fingerprint density at radius 3 is 2.62 bits per heavy atom. The lowest BCUT2D eigenvalue weighted by atomic mass is 9.95. The van der Waals surface area contributed by atoms with Crippen LogP contribution >= 0.6 is 11.6 Å². The quantitative estimate of drug-likeness (QED) is 0.696. The van der Waals surface area contributed by atoms with Crippen molar-refractivity contribution >= 4 is 23.2 Å². The molecule has 4 nitrogen and oxygen atoms in total. The molecule has 2 aromatic carbocycles. The van der Waals surface area contributed by atoms with Crippen molar-refractivity contribution in [3.8, 4) is 0 Å². The molecule has 29 heavy (non-hydrogen) atoms. The van der Waals surface area contributed by atoms with Crippen molar-refractivity contribution in [3.05, 3.63) is 64.7 Å². The lowest BCUT2D eigenvalue weighted by molar-refractivity contribution is -0.126. The molecule has 0 radical (unpaired) electrons. The summed E-state index contributed by atoms with van der Waals surface area (Å²) in [4.78, 5) is 17.4. The third-order valence-electron chi connectivity index (χ3n) is 6.20. The molecule has 1 amide bonds. The molecule has 1 N–H and O–H groups in total. The van der Waals surface area contributed by atoms with Crippen LogP contribution in [0.2, 0.25) is 5.02 Å². The fraction of sp³-hybridized carbons (Fsp3) is 0.458. The van der Waals surface area contributed by atoms with Crippen LogP contribution in [0.5, 0.6) is 0 Å². The molecule has 2 heterocycles. The number of amides is 1. The molecule has 2 aliphatic rings. The SMILES string of the molecule is O=C(NCCCN1CCc2ccccc21)C1CCN(Cc2ccccc2Cl)CC1. The number of carbonyl (C=O) groups is 1. The summed E-state index contributed by atoms with van der Waals surface area (Å²) in [6, 6.07) is 16.7. The summed E-state index contributed by atoms with van der Waals surface area (Å²) >= 11 is 6.27. The zero-order valence-electron chi connectivity index (χ0n) is 16.9. The molecule has 0 aromatic heterocycles. The predicted molar refractivity (Wildman–Crippen MR) is 119 cm³/mol. The van der Waals surface area contributed by atoms with Gasteiger partial charge in [-0.2, -0.15) is 0 Å². The maximum Gasteiger partial charge on any atom is 0.223 e. The van der Waals surface area contributed by atoms with Gasteiger partial charge in [-0.15, -0.1) is 0 Å². The van der Waals surface area contributed by atoms with Gasteiger partial charge in [-0.3, -0.25) is 9.69 Å². The van der Waals surface area contributed by atoms with Crippen LogP contribution in [0.3, 0.4) is 0 Å². The monoisotopic (exact) mass is 411 g/mol. The number of halogens is 1. The zero-order valence-corrected chi connectivity index (χ0v) is 17.7. The van der Waals surface area contributed by atoms with E-state index in [0.29, 0.717) is 0 Å². The maximum atomic E-state index is 12.5. The first-order valence-corrected chi connectivity index (χ1v) is 11.1. The molecule has 5 heteroatoms. The molecule has 0 bridgehead atoms. The van der Waals surface area contributed by atoms with Gasteiger partial charge in [-0.25, -0.2) is 0 Å². The smallest absolute Gasteiger partial charge is 0.223 e. The number of nitrogens with zero attached hydrogens (tertiary/aromatic N) is 2.